The van der Waals surface area contributed by atoms with Crippen molar-refractivity contribution in [3.05, 3.63) is 249 Å². The average Bonchev–Trinajstić information content (AvgIpc) is 1.68. The van der Waals surface area contributed by atoms with E-state index in [0.717, 1.165) is 0 Å². The molecule has 0 saturated heterocycles. The Hall–Kier alpha value is -3.42. The first kappa shape index (κ1) is 94.3. The molecule has 1 saturated carbocycles. The van der Waals surface area contributed by atoms with Crippen LogP contribution in [0, 0.1) is 7.43 Å². The SMILES string of the molecule is CC(C)c1cccc(C(C)C)c1N=P(c1ccccc1)(c1ccccc1)C1CCCC1.CC(C)c1cccc(C(C)C)c1NP(=C1C=CC=C1)(c1ccccc1)c1ccccc1.CNC.C[N-]C.C[N-]C.C[N-]C.C[N-]C.C[N-]C.C[N-]C.C[N-]C.[CH3-].[Zr+4].[Zr+4]. The van der Waals surface area contributed by atoms with Gasteiger partial charge in [-0.25, -0.2) is 0 Å². The molecule has 0 unspecified atom stereocenters. The molecule has 0 heterocycles. The first-order valence-corrected chi connectivity index (χ1v) is 33.9. The largest absolute Gasteiger partial charge is 4.00 e. The molecule has 0 bridgehead atoms. The van der Waals surface area contributed by atoms with Crippen molar-refractivity contribution in [2.75, 3.05) is 118 Å². The third-order valence-corrected chi connectivity index (χ3v) is 20.8. The Kier molecular flexibility index (Phi) is 61.9. The quantitative estimate of drug-likeness (QED) is 0.0932. The second-order valence-electron chi connectivity index (χ2n) is 21.8. The van der Waals surface area contributed by atoms with Crippen LogP contribution in [0.5, 0.6) is 0 Å². The molecule has 488 valence electrons. The van der Waals surface area contributed by atoms with Gasteiger partial charge in [0.05, 0.1) is 5.69 Å². The molecule has 89 heavy (non-hydrogen) atoms. The van der Waals surface area contributed by atoms with Crippen LogP contribution < -0.4 is 31.6 Å². The second kappa shape index (κ2) is 58.4. The molecule has 6 aromatic rings. The van der Waals surface area contributed by atoms with Crippen LogP contribution in [0.1, 0.15) is 127 Å². The van der Waals surface area contributed by atoms with Gasteiger partial charge in [0.2, 0.25) is 0 Å². The van der Waals surface area contributed by atoms with Crippen LogP contribution in [-0.2, 0) is 52.4 Å². The Labute approximate surface area is 586 Å². The van der Waals surface area contributed by atoms with E-state index in [9.17, 15) is 0 Å². The van der Waals surface area contributed by atoms with Gasteiger partial charge in [0.15, 0.2) is 0 Å². The van der Waals surface area contributed by atoms with E-state index in [2.05, 4.69) is 285 Å². The van der Waals surface area contributed by atoms with E-state index in [4.69, 9.17) is 4.74 Å². The van der Waals surface area contributed by atoms with Crippen LogP contribution in [-0.4, -0.2) is 124 Å². The number of anilines is 1. The number of nitrogens with zero attached hydrogens (tertiary/aromatic N) is 8. The summed E-state index contributed by atoms with van der Waals surface area (Å²) >= 11 is 0. The molecule has 0 amide bonds. The summed E-state index contributed by atoms with van der Waals surface area (Å²) in [4.78, 5) is 0. The summed E-state index contributed by atoms with van der Waals surface area (Å²) in [5, 5.41) is 38.4. The summed E-state index contributed by atoms with van der Waals surface area (Å²) in [6.45, 7) is 18.4. The molecule has 2 aliphatic carbocycles. The van der Waals surface area contributed by atoms with E-state index in [1.807, 2.05) is 14.1 Å². The van der Waals surface area contributed by atoms with Gasteiger partial charge in [0.25, 0.3) is 0 Å². The average molecular weight is 1410 g/mol. The minimum atomic E-state index is -2.11. The van der Waals surface area contributed by atoms with E-state index < -0.39 is 14.1 Å². The van der Waals surface area contributed by atoms with Gasteiger partial charge in [-0.3, -0.25) is 4.74 Å². The fourth-order valence-corrected chi connectivity index (χ4v) is 17.7. The number of nitrogens with one attached hydrogen (secondary N) is 2. The maximum atomic E-state index is 5.97. The van der Waals surface area contributed by atoms with Gasteiger partial charge in [-0.15, -0.1) is 0 Å². The maximum absolute atomic E-state index is 5.97. The van der Waals surface area contributed by atoms with Gasteiger partial charge in [-0.1, -0.05) is 250 Å². The van der Waals surface area contributed by atoms with Gasteiger partial charge in [-0.05, 0) is 99.4 Å². The molecule has 2 N–H and O–H groups in total. The van der Waals surface area contributed by atoms with Crippen LogP contribution in [0.25, 0.3) is 37.2 Å². The molecule has 0 aliphatic heterocycles. The molecule has 2 aliphatic rings. The normalized spacial score (nSPS) is 11.5. The molecule has 0 aromatic heterocycles. The molecular formula is C75H120N10P2Zr2. The Morgan fingerprint density at radius 2 is 0.629 bits per heavy atom. The van der Waals surface area contributed by atoms with Gasteiger partial charge in [-0.2, -0.15) is 98.7 Å². The molecule has 10 nitrogen and oxygen atoms in total. The summed E-state index contributed by atoms with van der Waals surface area (Å²) in [7, 11) is 24.2. The molecule has 1 fully saturated rings. The Bertz CT molecular complexity index is 2570. The van der Waals surface area contributed by atoms with Gasteiger partial charge in [0, 0.05) is 25.4 Å². The fourth-order valence-electron chi connectivity index (χ4n) is 9.52. The summed E-state index contributed by atoms with van der Waals surface area (Å²) in [6, 6.07) is 58.1. The van der Waals surface area contributed by atoms with E-state index in [1.54, 1.807) is 98.7 Å². The fraction of sp³-hybridized carbons (Fsp3) is 0.440. The van der Waals surface area contributed by atoms with Crippen LogP contribution in [0.15, 0.2) is 187 Å². The van der Waals surface area contributed by atoms with E-state index in [1.165, 1.54) is 85.8 Å². The van der Waals surface area contributed by atoms with E-state index in [0.29, 0.717) is 29.3 Å². The molecule has 0 radical (unpaired) electrons. The number of hydrogen-bond donors (Lipinski definition) is 2. The maximum Gasteiger partial charge on any atom is 4.00 e. The number of para-hydroxylation sites is 1. The van der Waals surface area contributed by atoms with Crippen LogP contribution in [0.2, 0.25) is 0 Å². The Balaban J connectivity index is -0.000000380. The zero-order chi connectivity index (χ0) is 65.4. The summed E-state index contributed by atoms with van der Waals surface area (Å²) in [5.41, 5.74) is 8.73. The third kappa shape index (κ3) is 32.8. The third-order valence-electron chi connectivity index (χ3n) is 12.7. The minimum absolute atomic E-state index is 0. The second-order valence-corrected chi connectivity index (χ2v) is 28.3. The molecular weight excluding hydrogens is 1290 g/mol. The summed E-state index contributed by atoms with van der Waals surface area (Å²) in [5.74, 6) is 1.78. The van der Waals surface area contributed by atoms with Crippen molar-refractivity contribution in [3.63, 3.8) is 0 Å². The molecule has 14 heteroatoms. The monoisotopic (exact) mass is 1400 g/mol. The van der Waals surface area contributed by atoms with E-state index in [-0.39, 0.29) is 59.8 Å². The van der Waals surface area contributed by atoms with Gasteiger partial charge < -0.3 is 55.0 Å². The molecule has 6 aromatic carbocycles. The van der Waals surface area contributed by atoms with Crippen molar-refractivity contribution in [2.45, 2.75) is 110 Å². The number of hydrogen-bond acceptors (Lipinski definition) is 3. The standard InChI is InChI=1S/C29H36NP.C29H32NP.C2H7N.7C2H6N.CH3.2Zr/c2*1-22(2)27-20-13-21-28(23(3)4)29(27)30-31(26-18-11-12-19-26,24-14-7-5-8-15-24)25-16-9-6-10-17-25;8*1-3-2;;;/h5-10,13-17,20-23,26H,11-12,18-19H2,1-4H3;5-23,30H,1-4H3;3H,1-2H3;7*1-2H3;1H3;;/q;;;8*-1;2*+4. The topological polar surface area (TPSA) is 135 Å². The van der Waals surface area contributed by atoms with Crippen molar-refractivity contribution >= 4 is 52.0 Å². The van der Waals surface area contributed by atoms with Crippen LogP contribution in [0.4, 0.5) is 11.4 Å². The Morgan fingerprint density at radius 3 is 0.888 bits per heavy atom. The number of rotatable bonds is 12. The molecule has 8 rings (SSSR count). The predicted octanol–water partition coefficient (Wildman–Crippen LogP) is 20.2. The van der Waals surface area contributed by atoms with Crippen molar-refractivity contribution in [2.24, 2.45) is 4.74 Å². The van der Waals surface area contributed by atoms with Crippen molar-refractivity contribution in [3.8, 4) is 0 Å². The number of benzene rings is 6. The summed E-state index contributed by atoms with van der Waals surface area (Å²) in [6.07, 6.45) is 14.1. The zero-order valence-corrected chi connectivity index (χ0v) is 66.7. The molecule has 0 atom stereocenters. The first-order chi connectivity index (χ1) is 41.4. The minimum Gasteiger partial charge on any atom is -0.668 e. The van der Waals surface area contributed by atoms with Crippen molar-refractivity contribution < 1.29 is 52.4 Å². The van der Waals surface area contributed by atoms with Crippen molar-refractivity contribution in [1.29, 1.82) is 0 Å². The van der Waals surface area contributed by atoms with Crippen LogP contribution >= 0.6 is 14.1 Å². The first-order valence-electron chi connectivity index (χ1n) is 30.3. The van der Waals surface area contributed by atoms with Gasteiger partial charge >= 0.3 is 52.4 Å². The van der Waals surface area contributed by atoms with Crippen molar-refractivity contribution in [1.82, 2.24) is 5.32 Å². The smallest absolute Gasteiger partial charge is 0.668 e. The van der Waals surface area contributed by atoms with Crippen LogP contribution in [0.3, 0.4) is 0 Å². The Morgan fingerprint density at radius 1 is 0.382 bits per heavy atom. The predicted molar refractivity (Wildman–Crippen MR) is 406 cm³/mol. The van der Waals surface area contributed by atoms with Gasteiger partial charge in [0.1, 0.15) is 0 Å². The molecule has 0 spiro atoms. The zero-order valence-electron chi connectivity index (χ0n) is 60.0. The van der Waals surface area contributed by atoms with E-state index >= 15 is 0 Å². The summed E-state index contributed by atoms with van der Waals surface area (Å²) < 4.78 is 5.97. The number of allylic oxidation sites excluding steroid dienone is 4.